The summed E-state index contributed by atoms with van der Waals surface area (Å²) in [5.41, 5.74) is 0.438. The second kappa shape index (κ2) is 7.47. The van der Waals surface area contributed by atoms with Crippen molar-refractivity contribution >= 4 is 16.0 Å². The normalized spacial score (nSPS) is 11.6. The van der Waals surface area contributed by atoms with Gasteiger partial charge in [0.25, 0.3) is 10.1 Å². The van der Waals surface area contributed by atoms with Crippen LogP contribution in [0.3, 0.4) is 0 Å². The SMILES string of the molecule is C=C(C)C(=O)NCC[N+](C)(C)CCS(=O)(=O)O.[OH-]. The Morgan fingerprint density at radius 2 is 1.83 bits per heavy atom. The highest BCUT2D eigenvalue weighted by Gasteiger charge is 2.18. The average Bonchev–Trinajstić information content (AvgIpc) is 2.13. The zero-order valence-electron chi connectivity index (χ0n) is 11.0. The number of amides is 1. The Labute approximate surface area is 108 Å². The maximum Gasteiger partial charge on any atom is 0.270 e. The predicted octanol–water partition coefficient (Wildman–Crippen LogP) is -0.534. The standard InChI is InChI=1S/C10H20N2O4S.H2O/c1-9(2)10(13)11-5-6-12(3,4)7-8-17(14,15)16;/h1,5-8H2,2-4H3,(H-,11,13,14,15,16);1H2. The summed E-state index contributed by atoms with van der Waals surface area (Å²) < 4.78 is 30.3. The lowest BCUT2D eigenvalue weighted by atomic mass is 10.3. The summed E-state index contributed by atoms with van der Waals surface area (Å²) >= 11 is 0. The van der Waals surface area contributed by atoms with Crippen LogP contribution in [0.5, 0.6) is 0 Å². The fourth-order valence-corrected chi connectivity index (χ4v) is 1.82. The Balaban J connectivity index is 0. The third-order valence-corrected chi connectivity index (χ3v) is 3.04. The molecule has 0 saturated heterocycles. The van der Waals surface area contributed by atoms with E-state index in [0.29, 0.717) is 29.7 Å². The van der Waals surface area contributed by atoms with Crippen molar-refractivity contribution in [3.05, 3.63) is 12.2 Å². The Hall–Kier alpha value is -0.960. The van der Waals surface area contributed by atoms with Gasteiger partial charge in [-0.3, -0.25) is 9.35 Å². The number of nitrogens with one attached hydrogen (secondary N) is 1. The quantitative estimate of drug-likeness (QED) is 0.370. The first-order chi connectivity index (χ1) is 7.53. The number of likely N-dealkylation sites (N-methyl/N-ethyl adjacent to an activating group) is 1. The van der Waals surface area contributed by atoms with Crippen LogP contribution in [-0.2, 0) is 14.9 Å². The Bertz CT molecular complexity index is 389. The highest BCUT2D eigenvalue weighted by Crippen LogP contribution is 1.97. The summed E-state index contributed by atoms with van der Waals surface area (Å²) in [6, 6.07) is 0. The number of carbonyl (C=O) groups is 1. The topological polar surface area (TPSA) is 113 Å². The molecule has 18 heavy (non-hydrogen) atoms. The van der Waals surface area contributed by atoms with Crippen molar-refractivity contribution in [2.45, 2.75) is 6.92 Å². The minimum atomic E-state index is -3.93. The summed E-state index contributed by atoms with van der Waals surface area (Å²) in [7, 11) is -0.266. The van der Waals surface area contributed by atoms with E-state index in [1.54, 1.807) is 6.92 Å². The van der Waals surface area contributed by atoms with Crippen LogP contribution in [0.15, 0.2) is 12.2 Å². The molecule has 3 N–H and O–H groups in total. The van der Waals surface area contributed by atoms with Crippen molar-refractivity contribution in [3.63, 3.8) is 0 Å². The molecule has 0 fully saturated rings. The van der Waals surface area contributed by atoms with Crippen molar-refractivity contribution in [1.82, 2.24) is 5.32 Å². The summed E-state index contributed by atoms with van der Waals surface area (Å²) in [5, 5.41) is 2.67. The largest absolute Gasteiger partial charge is 0.870 e. The van der Waals surface area contributed by atoms with Crippen molar-refractivity contribution in [1.29, 1.82) is 0 Å². The van der Waals surface area contributed by atoms with Crippen LogP contribution < -0.4 is 5.32 Å². The van der Waals surface area contributed by atoms with Crippen LogP contribution in [0.1, 0.15) is 6.92 Å². The van der Waals surface area contributed by atoms with Crippen LogP contribution >= 0.6 is 0 Å². The van der Waals surface area contributed by atoms with Gasteiger partial charge in [0.15, 0.2) is 0 Å². The molecule has 0 unspecified atom stereocenters. The zero-order valence-corrected chi connectivity index (χ0v) is 11.8. The number of hydrogen-bond acceptors (Lipinski definition) is 4. The molecule has 0 heterocycles. The van der Waals surface area contributed by atoms with Crippen molar-refractivity contribution in [2.75, 3.05) is 39.5 Å². The third-order valence-electron chi connectivity index (χ3n) is 2.34. The van der Waals surface area contributed by atoms with E-state index in [-0.39, 0.29) is 17.1 Å². The van der Waals surface area contributed by atoms with Gasteiger partial charge in [-0.2, -0.15) is 8.42 Å². The Kier molecular flexibility index (Phi) is 8.04. The fraction of sp³-hybridized carbons (Fsp3) is 0.700. The van der Waals surface area contributed by atoms with Gasteiger partial charge < -0.3 is 15.3 Å². The lowest BCUT2D eigenvalue weighted by molar-refractivity contribution is -0.886. The van der Waals surface area contributed by atoms with E-state index in [9.17, 15) is 13.2 Å². The highest BCUT2D eigenvalue weighted by atomic mass is 32.2. The molecule has 0 aliphatic rings. The van der Waals surface area contributed by atoms with Crippen LogP contribution in [0.4, 0.5) is 0 Å². The number of nitrogens with zero attached hydrogens (tertiary/aromatic N) is 1. The van der Waals surface area contributed by atoms with E-state index in [1.165, 1.54) is 0 Å². The molecule has 8 heteroatoms. The second-order valence-corrected chi connectivity index (χ2v) is 6.28. The monoisotopic (exact) mass is 282 g/mol. The predicted molar refractivity (Wildman–Crippen MR) is 68.0 cm³/mol. The van der Waals surface area contributed by atoms with Gasteiger partial charge in [-0.15, -0.1) is 0 Å². The molecular weight excluding hydrogens is 260 g/mol. The number of hydrogen-bond donors (Lipinski definition) is 2. The van der Waals surface area contributed by atoms with E-state index >= 15 is 0 Å². The van der Waals surface area contributed by atoms with Crippen molar-refractivity contribution in [3.8, 4) is 0 Å². The van der Waals surface area contributed by atoms with Crippen LogP contribution in [0.2, 0.25) is 0 Å². The van der Waals surface area contributed by atoms with Gasteiger partial charge >= 0.3 is 0 Å². The fourth-order valence-electron chi connectivity index (χ4n) is 1.10. The highest BCUT2D eigenvalue weighted by molar-refractivity contribution is 7.85. The molecule has 0 aliphatic heterocycles. The number of carbonyl (C=O) groups excluding carboxylic acids is 1. The van der Waals surface area contributed by atoms with E-state index in [0.717, 1.165) is 0 Å². The third kappa shape index (κ3) is 10.2. The number of rotatable bonds is 7. The lowest BCUT2D eigenvalue weighted by Crippen LogP contribution is -2.47. The first kappa shape index (κ1) is 19.4. The van der Waals surface area contributed by atoms with Crippen molar-refractivity contribution in [2.24, 2.45) is 0 Å². The summed E-state index contributed by atoms with van der Waals surface area (Å²) in [5.74, 6) is -0.492. The first-order valence-corrected chi connectivity index (χ1v) is 6.85. The van der Waals surface area contributed by atoms with Crippen molar-refractivity contribution < 1.29 is 27.7 Å². The second-order valence-electron chi connectivity index (χ2n) is 4.71. The van der Waals surface area contributed by atoms with E-state index in [4.69, 9.17) is 4.55 Å². The van der Waals surface area contributed by atoms with E-state index < -0.39 is 10.1 Å². The van der Waals surface area contributed by atoms with Crippen LogP contribution in [0, 0.1) is 0 Å². The molecule has 0 spiro atoms. The summed E-state index contributed by atoms with van der Waals surface area (Å²) in [6.45, 7) is 6.43. The van der Waals surface area contributed by atoms with Gasteiger partial charge in [0.05, 0.1) is 33.7 Å². The Morgan fingerprint density at radius 3 is 2.22 bits per heavy atom. The minimum Gasteiger partial charge on any atom is -0.870 e. The first-order valence-electron chi connectivity index (χ1n) is 5.24. The van der Waals surface area contributed by atoms with Crippen LogP contribution in [0.25, 0.3) is 0 Å². The molecule has 0 aromatic rings. The van der Waals surface area contributed by atoms with Crippen LogP contribution in [-0.4, -0.2) is 68.3 Å². The molecular formula is C10H22N2O5S. The summed E-state index contributed by atoms with van der Waals surface area (Å²) in [4.78, 5) is 11.2. The maximum atomic E-state index is 11.2. The smallest absolute Gasteiger partial charge is 0.270 e. The molecule has 0 rings (SSSR count). The molecule has 0 radical (unpaired) electrons. The van der Waals surface area contributed by atoms with Gasteiger partial charge in [-0.1, -0.05) is 6.58 Å². The molecule has 0 aliphatic carbocycles. The molecule has 0 aromatic heterocycles. The molecule has 7 nitrogen and oxygen atoms in total. The van der Waals surface area contributed by atoms with Gasteiger partial charge in [-0.25, -0.2) is 0 Å². The molecule has 0 aromatic carbocycles. The maximum absolute atomic E-state index is 11.2. The average molecular weight is 282 g/mol. The molecule has 108 valence electrons. The summed E-state index contributed by atoms with van der Waals surface area (Å²) in [6.07, 6.45) is 0. The van der Waals surface area contributed by atoms with Gasteiger partial charge in [0.2, 0.25) is 5.91 Å². The molecule has 0 saturated carbocycles. The zero-order chi connectivity index (χ0) is 13.7. The van der Waals surface area contributed by atoms with E-state index in [2.05, 4.69) is 11.9 Å². The van der Waals surface area contributed by atoms with E-state index in [1.807, 2.05) is 14.1 Å². The van der Waals surface area contributed by atoms with Gasteiger partial charge in [0.1, 0.15) is 5.75 Å². The van der Waals surface area contributed by atoms with Gasteiger partial charge in [-0.05, 0) is 6.92 Å². The minimum absolute atomic E-state index is 0. The lowest BCUT2D eigenvalue weighted by Gasteiger charge is -2.29. The molecule has 0 bridgehead atoms. The number of quaternary nitrogens is 1. The molecule has 1 amide bonds. The van der Waals surface area contributed by atoms with Gasteiger partial charge in [0, 0.05) is 5.57 Å². The Morgan fingerprint density at radius 1 is 1.33 bits per heavy atom. The molecule has 0 atom stereocenters.